The number of nitrogens with two attached hydrogens (primary N) is 1. The van der Waals surface area contributed by atoms with Gasteiger partial charge >= 0.3 is 0 Å². The first kappa shape index (κ1) is 15.0. The van der Waals surface area contributed by atoms with Crippen molar-refractivity contribution in [2.45, 2.75) is 19.3 Å². The minimum Gasteiger partial charge on any atom is -0.357 e. The molecule has 1 aromatic heterocycles. The highest BCUT2D eigenvalue weighted by Crippen LogP contribution is 2.26. The van der Waals surface area contributed by atoms with Crippen LogP contribution in [0.25, 0.3) is 11.1 Å². The second kappa shape index (κ2) is 6.88. The SMILES string of the molecule is NCCC1CCN(c2ccc(-c3cccc(F)c3)cn2)CC1. The fourth-order valence-corrected chi connectivity index (χ4v) is 3.10. The molecule has 4 heteroatoms. The van der Waals surface area contributed by atoms with Gasteiger partial charge in [-0.15, -0.1) is 0 Å². The number of nitrogens with zero attached hydrogens (tertiary/aromatic N) is 2. The van der Waals surface area contributed by atoms with Gasteiger partial charge in [-0.25, -0.2) is 9.37 Å². The van der Waals surface area contributed by atoms with E-state index < -0.39 is 0 Å². The molecule has 1 saturated heterocycles. The molecule has 22 heavy (non-hydrogen) atoms. The van der Waals surface area contributed by atoms with E-state index in [1.165, 1.54) is 25.0 Å². The van der Waals surface area contributed by atoms with Crippen LogP contribution in [0, 0.1) is 11.7 Å². The molecule has 1 aromatic carbocycles. The predicted octanol–water partition coefficient (Wildman–Crippen LogP) is 3.45. The first-order valence-corrected chi connectivity index (χ1v) is 7.93. The number of hydrogen-bond acceptors (Lipinski definition) is 3. The summed E-state index contributed by atoms with van der Waals surface area (Å²) in [6, 6.07) is 10.7. The molecule has 2 heterocycles. The second-order valence-corrected chi connectivity index (χ2v) is 5.92. The Bertz CT molecular complexity index is 604. The number of aromatic nitrogens is 1. The maximum atomic E-state index is 13.3. The molecule has 1 aliphatic heterocycles. The van der Waals surface area contributed by atoms with Crippen LogP contribution in [-0.2, 0) is 0 Å². The molecule has 2 N–H and O–H groups in total. The van der Waals surface area contributed by atoms with Gasteiger partial charge in [-0.05, 0) is 61.6 Å². The Morgan fingerprint density at radius 3 is 2.59 bits per heavy atom. The van der Waals surface area contributed by atoms with Gasteiger partial charge in [-0.2, -0.15) is 0 Å². The van der Waals surface area contributed by atoms with Gasteiger partial charge in [0.25, 0.3) is 0 Å². The Hall–Kier alpha value is -1.94. The highest BCUT2D eigenvalue weighted by molar-refractivity contribution is 5.63. The third-order valence-corrected chi connectivity index (χ3v) is 4.42. The van der Waals surface area contributed by atoms with Crippen molar-refractivity contribution in [3.05, 3.63) is 48.4 Å². The number of anilines is 1. The second-order valence-electron chi connectivity index (χ2n) is 5.92. The van der Waals surface area contributed by atoms with Gasteiger partial charge in [-0.3, -0.25) is 0 Å². The molecule has 0 radical (unpaired) electrons. The number of rotatable bonds is 4. The van der Waals surface area contributed by atoms with Crippen LogP contribution in [0.15, 0.2) is 42.6 Å². The Morgan fingerprint density at radius 2 is 1.95 bits per heavy atom. The first-order chi connectivity index (χ1) is 10.8. The van der Waals surface area contributed by atoms with E-state index in [4.69, 9.17) is 5.73 Å². The van der Waals surface area contributed by atoms with E-state index in [2.05, 4.69) is 9.88 Å². The van der Waals surface area contributed by atoms with Crippen molar-refractivity contribution >= 4 is 5.82 Å². The van der Waals surface area contributed by atoms with E-state index >= 15 is 0 Å². The average molecular weight is 299 g/mol. The minimum atomic E-state index is -0.219. The predicted molar refractivity (Wildman–Crippen MR) is 88.2 cm³/mol. The zero-order chi connectivity index (χ0) is 15.4. The number of pyridine rings is 1. The summed E-state index contributed by atoms with van der Waals surface area (Å²) in [5.74, 6) is 1.54. The highest BCUT2D eigenvalue weighted by Gasteiger charge is 2.19. The summed E-state index contributed by atoms with van der Waals surface area (Å²) in [6.45, 7) is 2.86. The van der Waals surface area contributed by atoms with Crippen molar-refractivity contribution in [2.75, 3.05) is 24.5 Å². The van der Waals surface area contributed by atoms with Crippen molar-refractivity contribution in [1.82, 2.24) is 4.98 Å². The Kier molecular flexibility index (Phi) is 4.68. The number of halogens is 1. The Labute approximate surface area is 131 Å². The van der Waals surface area contributed by atoms with Crippen LogP contribution in [0.1, 0.15) is 19.3 Å². The summed E-state index contributed by atoms with van der Waals surface area (Å²) < 4.78 is 13.3. The molecule has 0 saturated carbocycles. The first-order valence-electron chi connectivity index (χ1n) is 7.93. The fraction of sp³-hybridized carbons (Fsp3) is 0.389. The molecule has 0 atom stereocenters. The van der Waals surface area contributed by atoms with E-state index in [-0.39, 0.29) is 5.82 Å². The molecule has 116 valence electrons. The maximum Gasteiger partial charge on any atom is 0.128 e. The molecule has 0 unspecified atom stereocenters. The van der Waals surface area contributed by atoms with Crippen molar-refractivity contribution in [2.24, 2.45) is 11.7 Å². The van der Waals surface area contributed by atoms with Gasteiger partial charge in [0, 0.05) is 24.8 Å². The molecule has 0 spiro atoms. The summed E-state index contributed by atoms with van der Waals surface area (Å²) in [7, 11) is 0. The minimum absolute atomic E-state index is 0.219. The normalized spacial score (nSPS) is 16.0. The summed E-state index contributed by atoms with van der Waals surface area (Å²) in [6.07, 6.45) is 5.32. The lowest BCUT2D eigenvalue weighted by atomic mass is 9.93. The molecular weight excluding hydrogens is 277 g/mol. The summed E-state index contributed by atoms with van der Waals surface area (Å²) >= 11 is 0. The molecule has 0 bridgehead atoms. The van der Waals surface area contributed by atoms with Crippen molar-refractivity contribution in [1.29, 1.82) is 0 Å². The average Bonchev–Trinajstić information content (AvgIpc) is 2.56. The lowest BCUT2D eigenvalue weighted by Gasteiger charge is -2.32. The molecule has 1 fully saturated rings. The van der Waals surface area contributed by atoms with Gasteiger partial charge in [0.2, 0.25) is 0 Å². The van der Waals surface area contributed by atoms with Crippen LogP contribution < -0.4 is 10.6 Å². The van der Waals surface area contributed by atoms with Crippen molar-refractivity contribution in [3.63, 3.8) is 0 Å². The van der Waals surface area contributed by atoms with Gasteiger partial charge < -0.3 is 10.6 Å². The lowest BCUT2D eigenvalue weighted by Crippen LogP contribution is -2.34. The van der Waals surface area contributed by atoms with Crippen LogP contribution in [0.3, 0.4) is 0 Å². The maximum absolute atomic E-state index is 13.3. The van der Waals surface area contributed by atoms with Crippen LogP contribution in [0.4, 0.5) is 10.2 Å². The monoisotopic (exact) mass is 299 g/mol. The quantitative estimate of drug-likeness (QED) is 0.940. The summed E-state index contributed by atoms with van der Waals surface area (Å²) in [4.78, 5) is 6.88. The molecule has 0 amide bonds. The molecule has 3 rings (SSSR count). The zero-order valence-corrected chi connectivity index (χ0v) is 12.7. The van der Waals surface area contributed by atoms with E-state index in [9.17, 15) is 4.39 Å². The van der Waals surface area contributed by atoms with Crippen LogP contribution in [0.2, 0.25) is 0 Å². The molecule has 3 nitrogen and oxygen atoms in total. The Balaban J connectivity index is 1.67. The standard InChI is InChI=1S/C18H22FN3/c19-17-3-1-2-15(12-17)16-4-5-18(21-13-16)22-10-7-14(6-9-20)8-11-22/h1-5,12-14H,6-11,20H2. The van der Waals surface area contributed by atoms with Crippen LogP contribution >= 0.6 is 0 Å². The topological polar surface area (TPSA) is 42.1 Å². The van der Waals surface area contributed by atoms with Gasteiger partial charge in [0.1, 0.15) is 11.6 Å². The molecular formula is C18H22FN3. The smallest absolute Gasteiger partial charge is 0.128 e. The van der Waals surface area contributed by atoms with E-state index in [1.54, 1.807) is 6.07 Å². The van der Waals surface area contributed by atoms with Gasteiger partial charge in [0.15, 0.2) is 0 Å². The fourth-order valence-electron chi connectivity index (χ4n) is 3.10. The van der Waals surface area contributed by atoms with E-state index in [1.807, 2.05) is 24.4 Å². The number of benzene rings is 1. The third kappa shape index (κ3) is 3.45. The largest absolute Gasteiger partial charge is 0.357 e. The van der Waals surface area contributed by atoms with E-state index in [0.717, 1.165) is 48.9 Å². The van der Waals surface area contributed by atoms with Crippen molar-refractivity contribution < 1.29 is 4.39 Å². The summed E-state index contributed by atoms with van der Waals surface area (Å²) in [5.41, 5.74) is 7.44. The molecule has 1 aliphatic rings. The van der Waals surface area contributed by atoms with Gasteiger partial charge in [-0.1, -0.05) is 12.1 Å². The lowest BCUT2D eigenvalue weighted by molar-refractivity contribution is 0.385. The Morgan fingerprint density at radius 1 is 1.14 bits per heavy atom. The highest BCUT2D eigenvalue weighted by atomic mass is 19.1. The van der Waals surface area contributed by atoms with Crippen LogP contribution in [0.5, 0.6) is 0 Å². The van der Waals surface area contributed by atoms with E-state index in [0.29, 0.717) is 0 Å². The van der Waals surface area contributed by atoms with Crippen LogP contribution in [-0.4, -0.2) is 24.6 Å². The number of piperidine rings is 1. The molecule has 0 aliphatic carbocycles. The van der Waals surface area contributed by atoms with Gasteiger partial charge in [0.05, 0.1) is 0 Å². The number of hydrogen-bond donors (Lipinski definition) is 1. The van der Waals surface area contributed by atoms with Crippen molar-refractivity contribution in [3.8, 4) is 11.1 Å². The summed E-state index contributed by atoms with van der Waals surface area (Å²) in [5, 5.41) is 0. The zero-order valence-electron chi connectivity index (χ0n) is 12.7. The third-order valence-electron chi connectivity index (χ3n) is 4.42. The molecule has 2 aromatic rings.